The zero-order chi connectivity index (χ0) is 30.8. The van der Waals surface area contributed by atoms with Crippen LogP contribution < -0.4 is 10.6 Å². The van der Waals surface area contributed by atoms with E-state index in [2.05, 4.69) is 15.6 Å². The summed E-state index contributed by atoms with van der Waals surface area (Å²) in [4.78, 5) is 43.4. The van der Waals surface area contributed by atoms with Crippen LogP contribution >= 0.6 is 0 Å². The molecule has 3 atom stereocenters. The molecular weight excluding hydrogens is 551 g/mol. The van der Waals surface area contributed by atoms with Crippen molar-refractivity contribution < 1.29 is 41.1 Å². The van der Waals surface area contributed by atoms with E-state index in [-0.39, 0.29) is 24.3 Å². The minimum atomic E-state index is -4.74. The number of piperidine rings is 1. The first kappa shape index (κ1) is 32.3. The van der Waals surface area contributed by atoms with Gasteiger partial charge in [0, 0.05) is 18.0 Å². The number of halogens is 5. The topological polar surface area (TPSA) is 101 Å². The predicted octanol–water partition coefficient (Wildman–Crippen LogP) is 6.00. The van der Waals surface area contributed by atoms with Gasteiger partial charge in [0.05, 0.1) is 0 Å². The molecule has 2 fully saturated rings. The number of unbranched alkanes of at least 4 members (excludes halogenated alkanes) is 3. The second kappa shape index (κ2) is 11.9. The van der Waals surface area contributed by atoms with Crippen LogP contribution in [0.25, 0.3) is 0 Å². The Balaban J connectivity index is 1.76. The third-order valence-corrected chi connectivity index (χ3v) is 7.16. The van der Waals surface area contributed by atoms with Crippen LogP contribution in [0.1, 0.15) is 77.5 Å². The molecule has 1 saturated heterocycles. The van der Waals surface area contributed by atoms with E-state index < -0.39 is 58.8 Å². The Kier molecular flexibility index (Phi) is 9.39. The molecule has 8 nitrogen and oxygen atoms in total. The van der Waals surface area contributed by atoms with Gasteiger partial charge >= 0.3 is 18.2 Å². The van der Waals surface area contributed by atoms with E-state index in [4.69, 9.17) is 4.74 Å². The number of rotatable bonds is 10. The monoisotopic (exact) mass is 588 g/mol. The largest absolute Gasteiger partial charge is 0.444 e. The number of aryl methyl sites for hydroxylation is 1. The highest BCUT2D eigenvalue weighted by atomic mass is 19.4. The standard InChI is InChI=1S/C28H37F5N4O4/c1-6-7-8-9-10-13-27(29,30)23(39)34-16-26-14-18(37(20(26)15-26)24(40)41-25(3,4)5)22(38)36-21-17(2)11-12-19(35-21)28(31,32)33/h10-13,18,20H,6-9,14-16H2,1-5H3,(H,34,39)(H,35,36,38)/b13-10+/t18-,20+,26-/m0/s1. The molecule has 3 rings (SSSR count). The number of carbonyl (C=O) groups is 3. The fraction of sp³-hybridized carbons (Fsp3) is 0.643. The van der Waals surface area contributed by atoms with Crippen molar-refractivity contribution in [1.82, 2.24) is 15.2 Å². The maximum absolute atomic E-state index is 14.4. The molecule has 0 bridgehead atoms. The fourth-order valence-electron chi connectivity index (χ4n) is 4.90. The molecule has 0 aromatic carbocycles. The summed E-state index contributed by atoms with van der Waals surface area (Å²) in [5, 5.41) is 4.64. The number of ether oxygens (including phenoxy) is 1. The lowest BCUT2D eigenvalue weighted by Crippen LogP contribution is -2.47. The summed E-state index contributed by atoms with van der Waals surface area (Å²) in [7, 11) is 0. The first-order chi connectivity index (χ1) is 18.9. The Bertz CT molecular complexity index is 1180. The van der Waals surface area contributed by atoms with Crippen LogP contribution in [0.2, 0.25) is 0 Å². The Morgan fingerprint density at radius 3 is 2.41 bits per heavy atom. The molecule has 0 unspecified atom stereocenters. The lowest BCUT2D eigenvalue weighted by Gasteiger charge is -2.29. The molecule has 0 radical (unpaired) electrons. The van der Waals surface area contributed by atoms with Crippen molar-refractivity contribution >= 4 is 23.7 Å². The number of carbonyl (C=O) groups excluding carboxylic acids is 3. The number of aromatic nitrogens is 1. The second-order valence-corrected chi connectivity index (χ2v) is 11.7. The Labute approximate surface area is 236 Å². The number of amides is 3. The number of likely N-dealkylation sites (tertiary alicyclic amines) is 1. The number of nitrogens with zero attached hydrogens (tertiary/aromatic N) is 2. The summed E-state index contributed by atoms with van der Waals surface area (Å²) in [6.45, 7) is 8.12. The van der Waals surface area contributed by atoms with Gasteiger partial charge in [-0.25, -0.2) is 9.78 Å². The number of hydrogen-bond acceptors (Lipinski definition) is 5. The van der Waals surface area contributed by atoms with Gasteiger partial charge in [0.2, 0.25) is 5.91 Å². The molecule has 2 aliphatic rings. The van der Waals surface area contributed by atoms with E-state index >= 15 is 0 Å². The lowest BCUT2D eigenvalue weighted by atomic mass is 9.98. The minimum absolute atomic E-state index is 0.0144. The number of allylic oxidation sites excluding steroid dienone is 1. The summed E-state index contributed by atoms with van der Waals surface area (Å²) in [6.07, 6.45) is -0.433. The zero-order valence-corrected chi connectivity index (χ0v) is 23.8. The summed E-state index contributed by atoms with van der Waals surface area (Å²) < 4.78 is 73.8. The molecule has 41 heavy (non-hydrogen) atoms. The summed E-state index contributed by atoms with van der Waals surface area (Å²) >= 11 is 0. The van der Waals surface area contributed by atoms with Gasteiger partial charge in [-0.2, -0.15) is 22.0 Å². The number of alkyl halides is 5. The van der Waals surface area contributed by atoms with E-state index in [9.17, 15) is 36.3 Å². The zero-order valence-electron chi connectivity index (χ0n) is 23.8. The highest BCUT2D eigenvalue weighted by molar-refractivity contribution is 5.97. The van der Waals surface area contributed by atoms with Crippen molar-refractivity contribution in [2.75, 3.05) is 11.9 Å². The molecule has 1 aromatic rings. The van der Waals surface area contributed by atoms with Gasteiger partial charge in [0.25, 0.3) is 5.91 Å². The average molecular weight is 589 g/mol. The first-order valence-corrected chi connectivity index (χ1v) is 13.6. The van der Waals surface area contributed by atoms with Crippen molar-refractivity contribution in [2.45, 2.75) is 103 Å². The summed E-state index contributed by atoms with van der Waals surface area (Å²) in [6, 6.07) is 0.173. The van der Waals surface area contributed by atoms with Gasteiger partial charge in [0.1, 0.15) is 23.2 Å². The van der Waals surface area contributed by atoms with Crippen LogP contribution in [-0.4, -0.2) is 57.9 Å². The van der Waals surface area contributed by atoms with E-state index in [0.29, 0.717) is 18.9 Å². The molecule has 3 amide bonds. The summed E-state index contributed by atoms with van der Waals surface area (Å²) in [5.74, 6) is -6.35. The van der Waals surface area contributed by atoms with E-state index in [0.717, 1.165) is 25.3 Å². The molecule has 1 aromatic heterocycles. The molecule has 1 aliphatic heterocycles. The maximum Gasteiger partial charge on any atom is 0.433 e. The average Bonchev–Trinajstić information content (AvgIpc) is 3.44. The number of pyridine rings is 1. The van der Waals surface area contributed by atoms with Crippen LogP contribution in [0.5, 0.6) is 0 Å². The van der Waals surface area contributed by atoms with Crippen molar-refractivity contribution in [1.29, 1.82) is 0 Å². The van der Waals surface area contributed by atoms with Gasteiger partial charge in [0.15, 0.2) is 0 Å². The molecule has 0 spiro atoms. The lowest BCUT2D eigenvalue weighted by molar-refractivity contribution is -0.141. The SMILES string of the molecule is CCCCC/C=C/C(F)(F)C(=O)NC[C@@]12C[C@@H](C(=O)Nc3nc(C(F)(F)F)ccc3C)N(C(=O)OC(C)(C)C)[C@@H]1C2. The molecule has 228 valence electrons. The van der Waals surface area contributed by atoms with Crippen molar-refractivity contribution in [2.24, 2.45) is 5.41 Å². The van der Waals surface area contributed by atoms with Gasteiger partial charge in [-0.15, -0.1) is 0 Å². The van der Waals surface area contributed by atoms with Crippen molar-refractivity contribution in [3.63, 3.8) is 0 Å². The molecule has 2 N–H and O–H groups in total. The maximum atomic E-state index is 14.4. The molecule has 1 aliphatic carbocycles. The molecular formula is C28H37F5N4O4. The quantitative estimate of drug-likeness (QED) is 0.198. The predicted molar refractivity (Wildman–Crippen MR) is 141 cm³/mol. The van der Waals surface area contributed by atoms with Crippen LogP contribution in [0.15, 0.2) is 24.3 Å². The van der Waals surface area contributed by atoms with Gasteiger partial charge in [-0.3, -0.25) is 14.5 Å². The normalized spacial score (nSPS) is 22.4. The molecule has 2 heterocycles. The van der Waals surface area contributed by atoms with E-state index in [1.165, 1.54) is 24.0 Å². The number of anilines is 1. The molecule has 13 heteroatoms. The van der Waals surface area contributed by atoms with Crippen LogP contribution in [0.3, 0.4) is 0 Å². The number of hydrogen-bond donors (Lipinski definition) is 2. The number of nitrogens with one attached hydrogen (secondary N) is 2. The van der Waals surface area contributed by atoms with Crippen LogP contribution in [-0.2, 0) is 20.5 Å². The highest BCUT2D eigenvalue weighted by Gasteiger charge is 2.68. The highest BCUT2D eigenvalue weighted by Crippen LogP contribution is 2.59. The van der Waals surface area contributed by atoms with Crippen LogP contribution in [0.4, 0.5) is 32.6 Å². The third kappa shape index (κ3) is 7.94. The van der Waals surface area contributed by atoms with E-state index in [1.54, 1.807) is 20.8 Å². The Morgan fingerprint density at radius 2 is 1.80 bits per heavy atom. The number of fused-ring (bicyclic) bond motifs is 1. The third-order valence-electron chi connectivity index (χ3n) is 7.16. The van der Waals surface area contributed by atoms with Crippen LogP contribution in [0, 0.1) is 12.3 Å². The van der Waals surface area contributed by atoms with Gasteiger partial charge < -0.3 is 15.4 Å². The Hall–Kier alpha value is -3.25. The van der Waals surface area contributed by atoms with Crippen molar-refractivity contribution in [3.05, 3.63) is 35.5 Å². The first-order valence-electron chi connectivity index (χ1n) is 13.6. The van der Waals surface area contributed by atoms with Crippen molar-refractivity contribution in [3.8, 4) is 0 Å². The second-order valence-electron chi connectivity index (χ2n) is 11.7. The van der Waals surface area contributed by atoms with Gasteiger partial charge in [-0.1, -0.05) is 31.9 Å². The smallest absolute Gasteiger partial charge is 0.433 e. The minimum Gasteiger partial charge on any atom is -0.444 e. The van der Waals surface area contributed by atoms with E-state index in [1.807, 2.05) is 6.92 Å². The molecule has 1 saturated carbocycles. The summed E-state index contributed by atoms with van der Waals surface area (Å²) in [5.41, 5.74) is -2.72. The van der Waals surface area contributed by atoms with Gasteiger partial charge in [-0.05, 0) is 71.1 Å². The Morgan fingerprint density at radius 1 is 1.12 bits per heavy atom. The fourth-order valence-corrected chi connectivity index (χ4v) is 4.90.